The van der Waals surface area contributed by atoms with Crippen LogP contribution in [0.3, 0.4) is 0 Å². The molecular weight excluding hydrogens is 432 g/mol. The number of rotatable bonds is 9. The predicted octanol–water partition coefficient (Wildman–Crippen LogP) is 2.88. The maximum atomic E-state index is 12.4. The molecule has 1 aromatic carbocycles. The molecule has 8 nitrogen and oxygen atoms in total. The van der Waals surface area contributed by atoms with Crippen LogP contribution >= 0.6 is 34.7 Å². The van der Waals surface area contributed by atoms with Crippen LogP contribution in [-0.2, 0) is 14.8 Å². The van der Waals surface area contributed by atoms with E-state index in [0.717, 1.165) is 10.6 Å². The largest absolute Gasteiger partial charge is 0.495 e. The zero-order chi connectivity index (χ0) is 20.0. The monoisotopic (exact) mass is 448 g/mol. The summed E-state index contributed by atoms with van der Waals surface area (Å²) in [6.07, 6.45) is 2.72. The van der Waals surface area contributed by atoms with Crippen molar-refractivity contribution in [1.29, 1.82) is 0 Å². The number of carbonyl (C=O) groups is 1. The number of aromatic nitrogens is 2. The lowest BCUT2D eigenvalue weighted by molar-refractivity contribution is -0.114. The number of benzene rings is 1. The lowest BCUT2D eigenvalue weighted by Crippen LogP contribution is -2.37. The van der Waals surface area contributed by atoms with Gasteiger partial charge in [-0.3, -0.25) is 14.4 Å². The topological polar surface area (TPSA) is 101 Å². The van der Waals surface area contributed by atoms with E-state index in [4.69, 9.17) is 16.3 Å². The molecule has 1 N–H and O–H groups in total. The summed E-state index contributed by atoms with van der Waals surface area (Å²) in [7, 11) is -2.38. The molecule has 12 heteroatoms. The van der Waals surface area contributed by atoms with Crippen molar-refractivity contribution in [3.8, 4) is 5.75 Å². The summed E-state index contributed by atoms with van der Waals surface area (Å²) in [5, 5.41) is 10.9. The summed E-state index contributed by atoms with van der Waals surface area (Å²) in [5.41, 5.74) is 0.169. The highest BCUT2D eigenvalue weighted by atomic mass is 35.5. The van der Waals surface area contributed by atoms with Crippen LogP contribution < -0.4 is 14.4 Å². The number of thioether (sulfide) groups is 1. The normalized spacial score (nSPS) is 11.1. The van der Waals surface area contributed by atoms with E-state index in [0.29, 0.717) is 15.1 Å². The van der Waals surface area contributed by atoms with Gasteiger partial charge in [-0.2, -0.15) is 0 Å². The molecule has 0 saturated carbocycles. The van der Waals surface area contributed by atoms with Crippen LogP contribution in [0.15, 0.2) is 35.2 Å². The summed E-state index contributed by atoms with van der Waals surface area (Å²) < 4.78 is 31.2. The highest BCUT2D eigenvalue weighted by Crippen LogP contribution is 2.33. The third-order valence-electron chi connectivity index (χ3n) is 3.07. The molecule has 0 radical (unpaired) electrons. The first-order valence-corrected chi connectivity index (χ1v) is 11.5. The van der Waals surface area contributed by atoms with E-state index in [1.54, 1.807) is 12.1 Å². The van der Waals surface area contributed by atoms with E-state index in [-0.39, 0.29) is 16.6 Å². The summed E-state index contributed by atoms with van der Waals surface area (Å²) in [5.74, 6) is 0.370. The number of amides is 1. The van der Waals surface area contributed by atoms with Crippen LogP contribution in [-0.4, -0.2) is 50.2 Å². The number of halogens is 1. The number of anilines is 2. The van der Waals surface area contributed by atoms with Crippen molar-refractivity contribution in [2.45, 2.75) is 4.34 Å². The first kappa shape index (κ1) is 21.5. The van der Waals surface area contributed by atoms with Gasteiger partial charge in [0.2, 0.25) is 21.1 Å². The Morgan fingerprint density at radius 2 is 2.22 bits per heavy atom. The summed E-state index contributed by atoms with van der Waals surface area (Å²) >= 11 is 8.59. The van der Waals surface area contributed by atoms with Gasteiger partial charge in [-0.25, -0.2) is 8.42 Å². The molecule has 146 valence electrons. The fourth-order valence-electron chi connectivity index (χ4n) is 1.98. The van der Waals surface area contributed by atoms with Gasteiger partial charge in [-0.1, -0.05) is 40.8 Å². The van der Waals surface area contributed by atoms with Crippen molar-refractivity contribution < 1.29 is 17.9 Å². The second kappa shape index (κ2) is 9.40. The van der Waals surface area contributed by atoms with Crippen molar-refractivity contribution in [3.05, 3.63) is 35.9 Å². The van der Waals surface area contributed by atoms with Crippen molar-refractivity contribution in [3.63, 3.8) is 0 Å². The Hall–Kier alpha value is -1.82. The fraction of sp³-hybridized carbons (Fsp3) is 0.267. The van der Waals surface area contributed by atoms with Crippen LogP contribution in [0.5, 0.6) is 5.75 Å². The highest BCUT2D eigenvalue weighted by Gasteiger charge is 2.25. The number of nitrogens with one attached hydrogen (secondary N) is 1. The Balaban J connectivity index is 2.20. The molecule has 0 bridgehead atoms. The zero-order valence-corrected chi connectivity index (χ0v) is 17.7. The second-order valence-corrected chi connectivity index (χ2v) is 9.69. The quantitative estimate of drug-likeness (QED) is 0.357. The standard InChI is InChI=1S/C15H17ClN4O4S3/c1-4-7-25-15-19-18-14(26-15)17-13(21)9-20(27(3,22)23)11-8-10(16)5-6-12(11)24-2/h4-6,8H,1,7,9H2,2-3H3,(H,17,18,21). The Morgan fingerprint density at radius 1 is 1.48 bits per heavy atom. The van der Waals surface area contributed by atoms with Crippen molar-refractivity contribution in [2.24, 2.45) is 0 Å². The zero-order valence-electron chi connectivity index (χ0n) is 14.5. The molecule has 0 fully saturated rings. The Kier molecular flexibility index (Phi) is 7.48. The molecule has 0 aliphatic heterocycles. The Labute approximate surface area is 170 Å². The molecule has 0 saturated heterocycles. The number of hydrogen-bond donors (Lipinski definition) is 1. The van der Waals surface area contributed by atoms with Crippen LogP contribution in [0, 0.1) is 0 Å². The molecule has 1 aromatic heterocycles. The van der Waals surface area contributed by atoms with Crippen molar-refractivity contribution in [2.75, 3.05) is 35.3 Å². The Bertz CT molecular complexity index is 933. The molecule has 1 heterocycles. The van der Waals surface area contributed by atoms with Crippen LogP contribution in [0.4, 0.5) is 10.8 Å². The van der Waals surface area contributed by atoms with Gasteiger partial charge < -0.3 is 4.74 Å². The number of sulfonamides is 1. The minimum atomic E-state index is -3.78. The number of hydrogen-bond acceptors (Lipinski definition) is 8. The molecular formula is C15H17ClN4O4S3. The molecule has 0 aliphatic carbocycles. The number of ether oxygens (including phenoxy) is 1. The average molecular weight is 449 g/mol. The van der Waals surface area contributed by atoms with Gasteiger partial charge in [0, 0.05) is 10.8 Å². The van der Waals surface area contributed by atoms with Crippen LogP contribution in [0.2, 0.25) is 5.02 Å². The van der Waals surface area contributed by atoms with E-state index in [2.05, 4.69) is 22.1 Å². The molecule has 0 aliphatic rings. The van der Waals surface area contributed by atoms with Gasteiger partial charge >= 0.3 is 0 Å². The first-order valence-electron chi connectivity index (χ1n) is 7.43. The second-order valence-electron chi connectivity index (χ2n) is 5.11. The molecule has 0 unspecified atom stereocenters. The number of carbonyl (C=O) groups excluding carboxylic acids is 1. The van der Waals surface area contributed by atoms with E-state index < -0.39 is 22.5 Å². The minimum Gasteiger partial charge on any atom is -0.495 e. The van der Waals surface area contributed by atoms with E-state index >= 15 is 0 Å². The summed E-state index contributed by atoms with van der Waals surface area (Å²) in [6, 6.07) is 4.51. The summed E-state index contributed by atoms with van der Waals surface area (Å²) in [6.45, 7) is 3.15. The van der Waals surface area contributed by atoms with E-state index in [1.165, 1.54) is 42.3 Å². The fourth-order valence-corrected chi connectivity index (χ4v) is 4.52. The lowest BCUT2D eigenvalue weighted by Gasteiger charge is -2.23. The third kappa shape index (κ3) is 6.09. The van der Waals surface area contributed by atoms with E-state index in [9.17, 15) is 13.2 Å². The average Bonchev–Trinajstić information content (AvgIpc) is 3.04. The summed E-state index contributed by atoms with van der Waals surface area (Å²) in [4.78, 5) is 12.4. The lowest BCUT2D eigenvalue weighted by atomic mass is 10.3. The van der Waals surface area contributed by atoms with Gasteiger partial charge in [0.25, 0.3) is 0 Å². The SMILES string of the molecule is C=CCSc1nnc(NC(=O)CN(c2cc(Cl)ccc2OC)S(C)(=O)=O)s1. The van der Waals surface area contributed by atoms with Crippen molar-refractivity contribution in [1.82, 2.24) is 10.2 Å². The minimum absolute atomic E-state index is 0.169. The van der Waals surface area contributed by atoms with Crippen LogP contribution in [0.1, 0.15) is 0 Å². The predicted molar refractivity (Wildman–Crippen MR) is 110 cm³/mol. The molecule has 2 rings (SSSR count). The first-order chi connectivity index (χ1) is 12.7. The van der Waals surface area contributed by atoms with Gasteiger partial charge in [-0.05, 0) is 18.2 Å². The molecule has 1 amide bonds. The maximum absolute atomic E-state index is 12.4. The third-order valence-corrected chi connectivity index (χ3v) is 6.40. The molecule has 0 spiro atoms. The smallest absolute Gasteiger partial charge is 0.246 e. The van der Waals surface area contributed by atoms with Gasteiger partial charge in [-0.15, -0.1) is 16.8 Å². The Morgan fingerprint density at radius 3 is 2.85 bits per heavy atom. The maximum Gasteiger partial charge on any atom is 0.246 e. The van der Waals surface area contributed by atoms with Gasteiger partial charge in [0.15, 0.2) is 4.34 Å². The number of nitrogens with zero attached hydrogens (tertiary/aromatic N) is 3. The van der Waals surface area contributed by atoms with Gasteiger partial charge in [0.1, 0.15) is 12.3 Å². The molecule has 2 aromatic rings. The molecule has 27 heavy (non-hydrogen) atoms. The van der Waals surface area contributed by atoms with Gasteiger partial charge in [0.05, 0.1) is 19.1 Å². The van der Waals surface area contributed by atoms with E-state index in [1.807, 2.05) is 0 Å². The van der Waals surface area contributed by atoms with Crippen LogP contribution in [0.25, 0.3) is 0 Å². The molecule has 0 atom stereocenters. The number of methoxy groups -OCH3 is 1. The highest BCUT2D eigenvalue weighted by molar-refractivity contribution is 8.01. The van der Waals surface area contributed by atoms with Crippen molar-refractivity contribution >= 4 is 61.4 Å².